The van der Waals surface area contributed by atoms with Crippen LogP contribution in [0.25, 0.3) is 0 Å². The number of hydrogen-bond donors (Lipinski definition) is 0. The summed E-state index contributed by atoms with van der Waals surface area (Å²) in [6.07, 6.45) is 10.1. The maximum Gasteiger partial charge on any atom is 0.136 e. The standard InChI is InChI=1S/C15H26O/c1-11(2)9-15(16)14(10-13-5-6-13)8-7-12-3-4-12/h11-14H,3-10H2,1-2H3. The van der Waals surface area contributed by atoms with E-state index in [-0.39, 0.29) is 0 Å². The molecule has 0 aromatic heterocycles. The van der Waals surface area contributed by atoms with Gasteiger partial charge in [0.05, 0.1) is 0 Å². The van der Waals surface area contributed by atoms with E-state index in [4.69, 9.17) is 0 Å². The summed E-state index contributed by atoms with van der Waals surface area (Å²) in [4.78, 5) is 12.1. The van der Waals surface area contributed by atoms with Crippen LogP contribution in [-0.4, -0.2) is 5.78 Å². The van der Waals surface area contributed by atoms with E-state index in [1.54, 1.807) is 0 Å². The summed E-state index contributed by atoms with van der Waals surface area (Å²) in [7, 11) is 0. The number of ketones is 1. The summed E-state index contributed by atoms with van der Waals surface area (Å²) in [6, 6.07) is 0. The molecule has 0 aromatic rings. The van der Waals surface area contributed by atoms with Crippen molar-refractivity contribution in [2.75, 3.05) is 0 Å². The van der Waals surface area contributed by atoms with Crippen molar-refractivity contribution in [1.82, 2.24) is 0 Å². The zero-order valence-corrected chi connectivity index (χ0v) is 10.9. The first-order chi connectivity index (χ1) is 7.65. The topological polar surface area (TPSA) is 17.1 Å². The lowest BCUT2D eigenvalue weighted by Crippen LogP contribution is -2.17. The van der Waals surface area contributed by atoms with E-state index in [0.717, 1.165) is 18.3 Å². The van der Waals surface area contributed by atoms with Crippen LogP contribution in [0.15, 0.2) is 0 Å². The molecule has 2 aliphatic rings. The first kappa shape index (κ1) is 12.1. The monoisotopic (exact) mass is 222 g/mol. The SMILES string of the molecule is CC(C)CC(=O)C(CCC1CC1)CC1CC1. The Morgan fingerprint density at radius 1 is 1.12 bits per heavy atom. The highest BCUT2D eigenvalue weighted by molar-refractivity contribution is 5.81. The first-order valence-electron chi connectivity index (χ1n) is 7.18. The number of carbonyl (C=O) groups excluding carboxylic acids is 1. The van der Waals surface area contributed by atoms with Gasteiger partial charge < -0.3 is 0 Å². The Hall–Kier alpha value is -0.330. The minimum Gasteiger partial charge on any atom is -0.299 e. The summed E-state index contributed by atoms with van der Waals surface area (Å²) in [5.41, 5.74) is 0. The quantitative estimate of drug-likeness (QED) is 0.601. The van der Waals surface area contributed by atoms with Gasteiger partial charge in [-0.3, -0.25) is 4.79 Å². The van der Waals surface area contributed by atoms with Gasteiger partial charge in [0.1, 0.15) is 5.78 Å². The molecule has 1 atom stereocenters. The summed E-state index contributed by atoms with van der Waals surface area (Å²) >= 11 is 0. The van der Waals surface area contributed by atoms with E-state index in [1.807, 2.05) is 0 Å². The largest absolute Gasteiger partial charge is 0.299 e. The smallest absolute Gasteiger partial charge is 0.136 e. The van der Waals surface area contributed by atoms with Crippen LogP contribution in [0.2, 0.25) is 0 Å². The molecular weight excluding hydrogens is 196 g/mol. The van der Waals surface area contributed by atoms with Crippen LogP contribution in [0.3, 0.4) is 0 Å². The highest BCUT2D eigenvalue weighted by atomic mass is 16.1. The lowest BCUT2D eigenvalue weighted by atomic mass is 9.87. The second-order valence-electron chi connectivity index (χ2n) is 6.46. The number of hydrogen-bond acceptors (Lipinski definition) is 1. The summed E-state index contributed by atoms with van der Waals surface area (Å²) in [5, 5.41) is 0. The molecular formula is C15H26O. The second-order valence-corrected chi connectivity index (χ2v) is 6.46. The summed E-state index contributed by atoms with van der Waals surface area (Å²) < 4.78 is 0. The molecule has 92 valence electrons. The molecule has 16 heavy (non-hydrogen) atoms. The molecule has 0 spiro atoms. The molecule has 0 radical (unpaired) electrons. The molecule has 0 aromatic carbocycles. The van der Waals surface area contributed by atoms with Gasteiger partial charge in [0.25, 0.3) is 0 Å². The Labute approximate surface area is 100.0 Å². The van der Waals surface area contributed by atoms with Crippen molar-refractivity contribution < 1.29 is 4.79 Å². The van der Waals surface area contributed by atoms with Gasteiger partial charge in [-0.2, -0.15) is 0 Å². The second kappa shape index (κ2) is 5.33. The van der Waals surface area contributed by atoms with Crippen LogP contribution in [0.5, 0.6) is 0 Å². The van der Waals surface area contributed by atoms with Crippen molar-refractivity contribution in [3.8, 4) is 0 Å². The third kappa shape index (κ3) is 4.27. The van der Waals surface area contributed by atoms with Gasteiger partial charge in [-0.05, 0) is 37.0 Å². The van der Waals surface area contributed by atoms with Crippen LogP contribution in [0.1, 0.15) is 65.2 Å². The predicted octanol–water partition coefficient (Wildman–Crippen LogP) is 4.21. The summed E-state index contributed by atoms with van der Waals surface area (Å²) in [6.45, 7) is 4.32. The van der Waals surface area contributed by atoms with Crippen molar-refractivity contribution >= 4 is 5.78 Å². The van der Waals surface area contributed by atoms with Crippen LogP contribution >= 0.6 is 0 Å². The average Bonchev–Trinajstić information content (AvgIpc) is 3.05. The van der Waals surface area contributed by atoms with Crippen LogP contribution in [-0.2, 0) is 4.79 Å². The summed E-state index contributed by atoms with van der Waals surface area (Å²) in [5.74, 6) is 3.39. The van der Waals surface area contributed by atoms with E-state index in [1.165, 1.54) is 44.9 Å². The van der Waals surface area contributed by atoms with Crippen LogP contribution in [0, 0.1) is 23.7 Å². The number of rotatable bonds is 8. The fourth-order valence-corrected chi connectivity index (χ4v) is 2.58. The minimum absolute atomic E-state index is 0.412. The highest BCUT2D eigenvalue weighted by Gasteiger charge is 2.31. The molecule has 0 heterocycles. The highest BCUT2D eigenvalue weighted by Crippen LogP contribution is 2.40. The normalized spacial score (nSPS) is 22.4. The first-order valence-corrected chi connectivity index (χ1v) is 7.18. The maximum atomic E-state index is 12.1. The molecule has 0 amide bonds. The molecule has 0 N–H and O–H groups in total. The zero-order chi connectivity index (χ0) is 11.5. The Morgan fingerprint density at radius 3 is 2.25 bits per heavy atom. The van der Waals surface area contributed by atoms with Gasteiger partial charge in [-0.25, -0.2) is 0 Å². The Kier molecular flexibility index (Phi) is 4.05. The molecule has 0 saturated heterocycles. The van der Waals surface area contributed by atoms with Crippen molar-refractivity contribution in [2.45, 2.75) is 65.2 Å². The molecule has 2 fully saturated rings. The predicted molar refractivity (Wildman–Crippen MR) is 67.3 cm³/mol. The van der Waals surface area contributed by atoms with Gasteiger partial charge in [0.2, 0.25) is 0 Å². The van der Waals surface area contributed by atoms with Crippen molar-refractivity contribution in [3.05, 3.63) is 0 Å². The minimum atomic E-state index is 0.412. The third-order valence-electron chi connectivity index (χ3n) is 4.00. The molecule has 2 saturated carbocycles. The zero-order valence-electron chi connectivity index (χ0n) is 10.9. The molecule has 2 rings (SSSR count). The van der Waals surface area contributed by atoms with Crippen LogP contribution in [0.4, 0.5) is 0 Å². The van der Waals surface area contributed by atoms with Gasteiger partial charge in [0.15, 0.2) is 0 Å². The number of Topliss-reactive ketones (excluding diaryl/α,β-unsaturated/α-hetero) is 1. The molecule has 1 unspecified atom stereocenters. The maximum absolute atomic E-state index is 12.1. The third-order valence-corrected chi connectivity index (χ3v) is 4.00. The molecule has 0 aliphatic heterocycles. The van der Waals surface area contributed by atoms with Crippen molar-refractivity contribution in [1.29, 1.82) is 0 Å². The average molecular weight is 222 g/mol. The Morgan fingerprint density at radius 2 is 1.75 bits per heavy atom. The molecule has 1 nitrogen and oxygen atoms in total. The van der Waals surface area contributed by atoms with Crippen molar-refractivity contribution in [3.63, 3.8) is 0 Å². The molecule has 2 aliphatic carbocycles. The fourth-order valence-electron chi connectivity index (χ4n) is 2.58. The lowest BCUT2D eigenvalue weighted by Gasteiger charge is -2.16. The Balaban J connectivity index is 1.76. The van der Waals surface area contributed by atoms with E-state index < -0.39 is 0 Å². The van der Waals surface area contributed by atoms with E-state index >= 15 is 0 Å². The molecule has 1 heteroatoms. The van der Waals surface area contributed by atoms with Gasteiger partial charge in [-0.15, -0.1) is 0 Å². The fraction of sp³-hybridized carbons (Fsp3) is 0.933. The van der Waals surface area contributed by atoms with Gasteiger partial charge >= 0.3 is 0 Å². The molecule has 0 bridgehead atoms. The van der Waals surface area contributed by atoms with E-state index in [0.29, 0.717) is 17.6 Å². The van der Waals surface area contributed by atoms with E-state index in [9.17, 15) is 4.79 Å². The van der Waals surface area contributed by atoms with Crippen LogP contribution < -0.4 is 0 Å². The van der Waals surface area contributed by atoms with Gasteiger partial charge in [-0.1, -0.05) is 39.5 Å². The lowest BCUT2D eigenvalue weighted by molar-refractivity contribution is -0.124. The van der Waals surface area contributed by atoms with Crippen molar-refractivity contribution in [2.24, 2.45) is 23.7 Å². The van der Waals surface area contributed by atoms with E-state index in [2.05, 4.69) is 13.8 Å². The Bertz CT molecular complexity index is 236. The van der Waals surface area contributed by atoms with Gasteiger partial charge in [0, 0.05) is 12.3 Å². The number of carbonyl (C=O) groups is 1.